The fraction of sp³-hybridized carbons (Fsp3) is 0.400. The van der Waals surface area contributed by atoms with Crippen molar-refractivity contribution in [2.24, 2.45) is 0 Å². The Morgan fingerprint density at radius 1 is 0.708 bits per heavy atom. The second kappa shape index (κ2) is 4.09. The molecule has 0 bridgehead atoms. The standard InChI is InChI=1S/C20H20O4/c1-17(21)11-19-15-9-5-3-7-13(15)14-8-4-6-10-16(14)20(19,23-17)12-18(2,22)24-19/h3-10,21-22H,11-12H2,1-2H3. The minimum Gasteiger partial charge on any atom is -0.365 e. The van der Waals surface area contributed by atoms with Crippen molar-refractivity contribution < 1.29 is 19.7 Å². The molecule has 4 heteroatoms. The maximum Gasteiger partial charge on any atom is 0.167 e. The van der Waals surface area contributed by atoms with Crippen molar-refractivity contribution in [1.82, 2.24) is 0 Å². The zero-order valence-electron chi connectivity index (χ0n) is 13.7. The van der Waals surface area contributed by atoms with Crippen molar-refractivity contribution in [2.45, 2.75) is 49.5 Å². The van der Waals surface area contributed by atoms with E-state index in [9.17, 15) is 10.2 Å². The first-order valence-electron chi connectivity index (χ1n) is 8.33. The molecule has 2 aromatic carbocycles. The Labute approximate surface area is 140 Å². The van der Waals surface area contributed by atoms with Crippen LogP contribution < -0.4 is 0 Å². The van der Waals surface area contributed by atoms with Gasteiger partial charge in [0.25, 0.3) is 0 Å². The summed E-state index contributed by atoms with van der Waals surface area (Å²) in [4.78, 5) is 0. The first kappa shape index (κ1) is 14.6. The van der Waals surface area contributed by atoms with E-state index in [1.165, 1.54) is 0 Å². The fourth-order valence-corrected chi connectivity index (χ4v) is 5.15. The van der Waals surface area contributed by atoms with Crippen LogP contribution in [-0.2, 0) is 20.7 Å². The van der Waals surface area contributed by atoms with Gasteiger partial charge in [-0.1, -0.05) is 48.5 Å². The molecule has 4 nitrogen and oxygen atoms in total. The molecule has 5 rings (SSSR count). The molecule has 2 aromatic rings. The number of ether oxygens (including phenoxy) is 2. The molecule has 2 heterocycles. The average molecular weight is 324 g/mol. The normalized spacial score (nSPS) is 42.2. The minimum atomic E-state index is -1.32. The van der Waals surface area contributed by atoms with Crippen molar-refractivity contribution >= 4 is 0 Å². The van der Waals surface area contributed by atoms with Crippen LogP contribution in [0.2, 0.25) is 0 Å². The third kappa shape index (κ3) is 1.57. The summed E-state index contributed by atoms with van der Waals surface area (Å²) in [5.41, 5.74) is 2.29. The quantitative estimate of drug-likeness (QED) is 0.782. The van der Waals surface area contributed by atoms with Crippen LogP contribution in [0, 0.1) is 0 Å². The summed E-state index contributed by atoms with van der Waals surface area (Å²) < 4.78 is 12.5. The number of fused-ring (bicyclic) bond motifs is 3. The van der Waals surface area contributed by atoms with Gasteiger partial charge in [0.1, 0.15) is 11.2 Å². The number of hydrogen-bond acceptors (Lipinski definition) is 4. The maximum absolute atomic E-state index is 10.8. The van der Waals surface area contributed by atoms with E-state index in [-0.39, 0.29) is 12.8 Å². The van der Waals surface area contributed by atoms with E-state index in [2.05, 4.69) is 12.1 Å². The molecule has 4 unspecified atom stereocenters. The zero-order valence-corrected chi connectivity index (χ0v) is 13.7. The van der Waals surface area contributed by atoms with Gasteiger partial charge in [0.15, 0.2) is 11.6 Å². The molecule has 3 aliphatic rings. The van der Waals surface area contributed by atoms with Gasteiger partial charge in [-0.2, -0.15) is 0 Å². The van der Waals surface area contributed by atoms with Crippen LogP contribution in [0.25, 0.3) is 11.1 Å². The summed E-state index contributed by atoms with van der Waals surface area (Å²) in [7, 11) is 0. The Morgan fingerprint density at radius 2 is 1.08 bits per heavy atom. The van der Waals surface area contributed by atoms with E-state index in [4.69, 9.17) is 9.47 Å². The van der Waals surface area contributed by atoms with Gasteiger partial charge in [-0.15, -0.1) is 0 Å². The Balaban J connectivity index is 1.92. The first-order chi connectivity index (χ1) is 11.3. The highest BCUT2D eigenvalue weighted by molar-refractivity contribution is 5.77. The molecule has 124 valence electrons. The molecule has 2 N–H and O–H groups in total. The van der Waals surface area contributed by atoms with E-state index in [0.717, 1.165) is 22.3 Å². The largest absolute Gasteiger partial charge is 0.365 e. The summed E-state index contributed by atoms with van der Waals surface area (Å²) in [6.45, 7) is 3.34. The Hall–Kier alpha value is -1.72. The van der Waals surface area contributed by atoms with E-state index in [1.807, 2.05) is 36.4 Å². The molecule has 0 spiro atoms. The number of aliphatic hydroxyl groups is 2. The topological polar surface area (TPSA) is 58.9 Å². The molecule has 2 fully saturated rings. The number of benzene rings is 2. The fourth-order valence-electron chi connectivity index (χ4n) is 5.15. The monoisotopic (exact) mass is 324 g/mol. The Morgan fingerprint density at radius 3 is 1.50 bits per heavy atom. The minimum absolute atomic E-state index is 0.279. The molecule has 1 aliphatic carbocycles. The van der Waals surface area contributed by atoms with Crippen molar-refractivity contribution in [1.29, 1.82) is 0 Å². The van der Waals surface area contributed by atoms with Crippen molar-refractivity contribution in [3.05, 3.63) is 59.7 Å². The van der Waals surface area contributed by atoms with Crippen LogP contribution in [0.15, 0.2) is 48.5 Å². The van der Waals surface area contributed by atoms with Gasteiger partial charge in [-0.25, -0.2) is 0 Å². The highest BCUT2D eigenvalue weighted by atomic mass is 16.7. The van der Waals surface area contributed by atoms with Crippen LogP contribution in [0.3, 0.4) is 0 Å². The molecule has 2 saturated heterocycles. The van der Waals surface area contributed by atoms with Crippen LogP contribution in [0.5, 0.6) is 0 Å². The first-order valence-corrected chi connectivity index (χ1v) is 8.33. The highest BCUT2D eigenvalue weighted by Gasteiger charge is 2.75. The van der Waals surface area contributed by atoms with Gasteiger partial charge in [-0.3, -0.25) is 0 Å². The summed E-state index contributed by atoms with van der Waals surface area (Å²) in [5.74, 6) is -2.64. The van der Waals surface area contributed by atoms with E-state index in [1.54, 1.807) is 13.8 Å². The van der Waals surface area contributed by atoms with Gasteiger partial charge in [0.2, 0.25) is 0 Å². The molecule has 2 aliphatic heterocycles. The molecule has 0 radical (unpaired) electrons. The van der Waals surface area contributed by atoms with E-state index < -0.39 is 22.8 Å². The highest BCUT2D eigenvalue weighted by Crippen LogP contribution is 2.70. The summed E-state index contributed by atoms with van der Waals surface area (Å²) in [6.07, 6.45) is 0.559. The SMILES string of the molecule is CC1(O)CC23OC(C)(O)CC2(O1)c1ccccc1-c1ccccc13. The van der Waals surface area contributed by atoms with Gasteiger partial charge >= 0.3 is 0 Å². The number of hydrogen-bond donors (Lipinski definition) is 2. The second-order valence-corrected chi connectivity index (χ2v) is 7.65. The van der Waals surface area contributed by atoms with Crippen LogP contribution in [0.4, 0.5) is 0 Å². The lowest BCUT2D eigenvalue weighted by molar-refractivity contribution is -0.231. The van der Waals surface area contributed by atoms with Crippen molar-refractivity contribution in [3.8, 4) is 11.1 Å². The van der Waals surface area contributed by atoms with Crippen LogP contribution >= 0.6 is 0 Å². The predicted octanol–water partition coefficient (Wildman–Crippen LogP) is 3.02. The summed E-state index contributed by atoms with van der Waals surface area (Å²) >= 11 is 0. The molecule has 0 amide bonds. The third-order valence-corrected chi connectivity index (χ3v) is 5.61. The smallest absolute Gasteiger partial charge is 0.167 e. The van der Waals surface area contributed by atoms with Gasteiger partial charge < -0.3 is 19.7 Å². The average Bonchev–Trinajstić information content (AvgIpc) is 2.87. The molecule has 0 saturated carbocycles. The predicted molar refractivity (Wildman–Crippen MR) is 87.9 cm³/mol. The second-order valence-electron chi connectivity index (χ2n) is 7.65. The molecule has 4 atom stereocenters. The maximum atomic E-state index is 10.8. The molecule has 0 aromatic heterocycles. The molecule has 24 heavy (non-hydrogen) atoms. The van der Waals surface area contributed by atoms with Gasteiger partial charge in [0.05, 0.1) is 0 Å². The van der Waals surface area contributed by atoms with E-state index in [0.29, 0.717) is 0 Å². The van der Waals surface area contributed by atoms with Crippen LogP contribution in [-0.4, -0.2) is 21.8 Å². The van der Waals surface area contributed by atoms with Crippen LogP contribution in [0.1, 0.15) is 37.8 Å². The summed E-state index contributed by atoms with van der Waals surface area (Å²) in [5, 5.41) is 21.5. The lowest BCUT2D eigenvalue weighted by Crippen LogP contribution is -2.45. The van der Waals surface area contributed by atoms with Crippen molar-refractivity contribution in [3.63, 3.8) is 0 Å². The lowest BCUT2D eigenvalue weighted by Gasteiger charge is -2.43. The van der Waals surface area contributed by atoms with Crippen molar-refractivity contribution in [2.75, 3.05) is 0 Å². The lowest BCUT2D eigenvalue weighted by atomic mass is 9.65. The van der Waals surface area contributed by atoms with Gasteiger partial charge in [0, 0.05) is 12.8 Å². The van der Waals surface area contributed by atoms with Gasteiger partial charge in [-0.05, 0) is 36.1 Å². The Bertz CT molecular complexity index is 765. The zero-order chi connectivity index (χ0) is 16.8. The third-order valence-electron chi connectivity index (χ3n) is 5.61. The van der Waals surface area contributed by atoms with E-state index >= 15 is 0 Å². The molecular weight excluding hydrogens is 304 g/mol. The number of rotatable bonds is 0. The Kier molecular flexibility index (Phi) is 2.49. The summed E-state index contributed by atoms with van der Waals surface area (Å²) in [6, 6.07) is 16.1. The molecular formula is C20H20O4.